The van der Waals surface area contributed by atoms with E-state index in [2.05, 4.69) is 15.3 Å². The summed E-state index contributed by atoms with van der Waals surface area (Å²) in [6, 6.07) is 10.0. The topological polar surface area (TPSA) is 64.1 Å². The largest absolute Gasteiger partial charge is 0.462 e. The third-order valence-corrected chi connectivity index (χ3v) is 3.55. The lowest BCUT2D eigenvalue weighted by Crippen LogP contribution is -2.13. The molecule has 1 aromatic carbocycles. The van der Waals surface area contributed by atoms with Gasteiger partial charge in [-0.1, -0.05) is 30.3 Å². The van der Waals surface area contributed by atoms with Crippen LogP contribution in [0.2, 0.25) is 0 Å². The highest BCUT2D eigenvalue weighted by Gasteiger charge is 2.28. The number of aromatic nitrogens is 2. The van der Waals surface area contributed by atoms with Crippen LogP contribution in [0.4, 0.5) is 5.82 Å². The number of esters is 1. The number of ether oxygens (including phenoxy) is 1. The molecule has 114 valence electrons. The maximum absolute atomic E-state index is 12.0. The van der Waals surface area contributed by atoms with Crippen LogP contribution >= 0.6 is 0 Å². The van der Waals surface area contributed by atoms with Crippen LogP contribution in [0.15, 0.2) is 36.5 Å². The summed E-state index contributed by atoms with van der Waals surface area (Å²) >= 11 is 0. The molecule has 0 atom stereocenters. The molecule has 0 amide bonds. The number of anilines is 1. The molecule has 0 bridgehead atoms. The van der Waals surface area contributed by atoms with E-state index in [4.69, 9.17) is 4.74 Å². The average molecular weight is 297 g/mol. The molecule has 1 aliphatic carbocycles. The van der Waals surface area contributed by atoms with Crippen molar-refractivity contribution in [1.29, 1.82) is 0 Å². The SMILES string of the molecule is CCOC(=O)c1cnc(C2CC2)nc1NCc1ccccc1. The molecule has 0 radical (unpaired) electrons. The monoisotopic (exact) mass is 297 g/mol. The Labute approximate surface area is 129 Å². The van der Waals surface area contributed by atoms with E-state index in [0.717, 1.165) is 24.2 Å². The Morgan fingerprint density at radius 3 is 2.77 bits per heavy atom. The van der Waals surface area contributed by atoms with Gasteiger partial charge in [0.25, 0.3) is 0 Å². The van der Waals surface area contributed by atoms with Gasteiger partial charge in [0.15, 0.2) is 0 Å². The minimum atomic E-state index is -0.389. The number of carbonyl (C=O) groups excluding carboxylic acids is 1. The first kappa shape index (κ1) is 14.5. The Bertz CT molecular complexity index is 654. The molecule has 3 rings (SSSR count). The van der Waals surface area contributed by atoms with E-state index in [1.54, 1.807) is 13.1 Å². The average Bonchev–Trinajstić information content (AvgIpc) is 3.39. The molecule has 1 N–H and O–H groups in total. The molecule has 1 aromatic heterocycles. The lowest BCUT2D eigenvalue weighted by atomic mass is 10.2. The van der Waals surface area contributed by atoms with Crippen LogP contribution in [-0.2, 0) is 11.3 Å². The van der Waals surface area contributed by atoms with Crippen molar-refractivity contribution in [1.82, 2.24) is 9.97 Å². The number of nitrogens with one attached hydrogen (secondary N) is 1. The van der Waals surface area contributed by atoms with E-state index in [1.165, 1.54) is 0 Å². The van der Waals surface area contributed by atoms with Gasteiger partial charge in [-0.25, -0.2) is 14.8 Å². The van der Waals surface area contributed by atoms with Gasteiger partial charge < -0.3 is 10.1 Å². The maximum Gasteiger partial charge on any atom is 0.343 e. The Morgan fingerprint density at radius 2 is 2.09 bits per heavy atom. The third kappa shape index (κ3) is 3.42. The first-order valence-electron chi connectivity index (χ1n) is 7.59. The maximum atomic E-state index is 12.0. The van der Waals surface area contributed by atoms with Crippen LogP contribution in [-0.4, -0.2) is 22.5 Å². The predicted octanol–water partition coefficient (Wildman–Crippen LogP) is 3.14. The van der Waals surface area contributed by atoms with Gasteiger partial charge in [-0.3, -0.25) is 0 Å². The van der Waals surface area contributed by atoms with Crippen molar-refractivity contribution in [2.75, 3.05) is 11.9 Å². The van der Waals surface area contributed by atoms with Crippen molar-refractivity contribution >= 4 is 11.8 Å². The van der Waals surface area contributed by atoms with E-state index in [1.807, 2.05) is 30.3 Å². The van der Waals surface area contributed by atoms with Crippen molar-refractivity contribution in [3.63, 3.8) is 0 Å². The molecule has 1 heterocycles. The zero-order chi connectivity index (χ0) is 15.4. The van der Waals surface area contributed by atoms with Gasteiger partial charge in [0.2, 0.25) is 0 Å². The van der Waals surface area contributed by atoms with E-state index in [9.17, 15) is 4.79 Å². The summed E-state index contributed by atoms with van der Waals surface area (Å²) in [6.07, 6.45) is 3.82. The second-order valence-electron chi connectivity index (χ2n) is 5.32. The van der Waals surface area contributed by atoms with E-state index < -0.39 is 0 Å². The van der Waals surface area contributed by atoms with Gasteiger partial charge >= 0.3 is 5.97 Å². The summed E-state index contributed by atoms with van der Waals surface area (Å²) in [6.45, 7) is 2.73. The summed E-state index contributed by atoms with van der Waals surface area (Å²) in [7, 11) is 0. The molecule has 5 nitrogen and oxygen atoms in total. The molecular weight excluding hydrogens is 278 g/mol. The number of benzene rings is 1. The third-order valence-electron chi connectivity index (χ3n) is 3.55. The summed E-state index contributed by atoms with van der Waals surface area (Å²) in [5.74, 6) is 1.41. The van der Waals surface area contributed by atoms with Crippen LogP contribution in [0.25, 0.3) is 0 Å². The van der Waals surface area contributed by atoms with Crippen LogP contribution in [0.1, 0.15) is 47.4 Å². The van der Waals surface area contributed by atoms with Crippen molar-refractivity contribution < 1.29 is 9.53 Å². The van der Waals surface area contributed by atoms with Gasteiger partial charge in [-0.2, -0.15) is 0 Å². The zero-order valence-corrected chi connectivity index (χ0v) is 12.6. The normalized spacial score (nSPS) is 13.7. The highest BCUT2D eigenvalue weighted by molar-refractivity contribution is 5.94. The van der Waals surface area contributed by atoms with Gasteiger partial charge in [-0.05, 0) is 25.3 Å². The molecule has 0 spiro atoms. The Hall–Kier alpha value is -2.43. The second kappa shape index (κ2) is 6.56. The minimum absolute atomic E-state index is 0.335. The Morgan fingerprint density at radius 1 is 1.32 bits per heavy atom. The fraction of sp³-hybridized carbons (Fsp3) is 0.353. The fourth-order valence-corrected chi connectivity index (χ4v) is 2.21. The van der Waals surface area contributed by atoms with Gasteiger partial charge in [0.1, 0.15) is 17.2 Å². The highest BCUT2D eigenvalue weighted by atomic mass is 16.5. The summed E-state index contributed by atoms with van der Waals surface area (Å²) in [5, 5.41) is 3.24. The molecule has 22 heavy (non-hydrogen) atoms. The van der Waals surface area contributed by atoms with Crippen LogP contribution in [0.5, 0.6) is 0 Å². The van der Waals surface area contributed by atoms with E-state index in [0.29, 0.717) is 30.5 Å². The van der Waals surface area contributed by atoms with E-state index >= 15 is 0 Å². The lowest BCUT2D eigenvalue weighted by Gasteiger charge is -2.11. The molecule has 1 saturated carbocycles. The van der Waals surface area contributed by atoms with Crippen LogP contribution < -0.4 is 5.32 Å². The molecule has 0 aliphatic heterocycles. The van der Waals surface area contributed by atoms with Gasteiger partial charge in [0.05, 0.1) is 6.61 Å². The lowest BCUT2D eigenvalue weighted by molar-refractivity contribution is 0.0526. The molecule has 0 unspecified atom stereocenters. The minimum Gasteiger partial charge on any atom is -0.462 e. The fourth-order valence-electron chi connectivity index (χ4n) is 2.21. The number of hydrogen-bond donors (Lipinski definition) is 1. The highest BCUT2D eigenvalue weighted by Crippen LogP contribution is 2.38. The Kier molecular flexibility index (Phi) is 4.32. The smallest absolute Gasteiger partial charge is 0.343 e. The quantitative estimate of drug-likeness (QED) is 0.830. The van der Waals surface area contributed by atoms with Crippen LogP contribution in [0.3, 0.4) is 0 Å². The number of hydrogen-bond acceptors (Lipinski definition) is 5. The summed E-state index contributed by atoms with van der Waals surface area (Å²) in [4.78, 5) is 20.9. The van der Waals surface area contributed by atoms with Gasteiger partial charge in [0, 0.05) is 18.7 Å². The summed E-state index contributed by atoms with van der Waals surface area (Å²) < 4.78 is 5.08. The van der Waals surface area contributed by atoms with Crippen LogP contribution in [0, 0.1) is 0 Å². The zero-order valence-electron chi connectivity index (χ0n) is 12.6. The Balaban J connectivity index is 1.81. The van der Waals surface area contributed by atoms with Crippen molar-refractivity contribution in [3.8, 4) is 0 Å². The number of rotatable bonds is 6. The molecule has 5 heteroatoms. The van der Waals surface area contributed by atoms with Crippen molar-refractivity contribution in [2.24, 2.45) is 0 Å². The predicted molar refractivity (Wildman–Crippen MR) is 83.7 cm³/mol. The van der Waals surface area contributed by atoms with E-state index in [-0.39, 0.29) is 5.97 Å². The summed E-state index contributed by atoms with van der Waals surface area (Å²) in [5.41, 5.74) is 1.52. The molecular formula is C17H19N3O2. The molecule has 1 fully saturated rings. The number of carbonyl (C=O) groups is 1. The van der Waals surface area contributed by atoms with Crippen molar-refractivity contribution in [2.45, 2.75) is 32.2 Å². The first-order valence-corrected chi connectivity index (χ1v) is 7.59. The second-order valence-corrected chi connectivity index (χ2v) is 5.32. The molecule has 0 saturated heterocycles. The standard InChI is InChI=1S/C17H19N3O2/c1-2-22-17(21)14-11-19-15(13-8-9-13)20-16(14)18-10-12-6-4-3-5-7-12/h3-7,11,13H,2,8-10H2,1H3,(H,18,19,20). The molecule has 1 aliphatic rings. The van der Waals surface area contributed by atoms with Gasteiger partial charge in [-0.15, -0.1) is 0 Å². The molecule has 2 aromatic rings. The van der Waals surface area contributed by atoms with Crippen molar-refractivity contribution in [3.05, 3.63) is 53.5 Å². The first-order chi connectivity index (χ1) is 10.8. The number of nitrogens with zero attached hydrogens (tertiary/aromatic N) is 2.